The molecule has 20 heavy (non-hydrogen) atoms. The first-order valence-corrected chi connectivity index (χ1v) is 7.27. The second kappa shape index (κ2) is 5.01. The first-order chi connectivity index (χ1) is 9.49. The summed E-state index contributed by atoms with van der Waals surface area (Å²) in [4.78, 5) is 2.39. The molecule has 3 nitrogen and oxygen atoms in total. The van der Waals surface area contributed by atoms with Gasteiger partial charge in [-0.05, 0) is 50.4 Å². The van der Waals surface area contributed by atoms with Gasteiger partial charge in [-0.15, -0.1) is 0 Å². The van der Waals surface area contributed by atoms with Crippen LogP contribution in [0.4, 0.5) is 4.39 Å². The number of hydrogen-bond donors (Lipinski definition) is 1. The Balaban J connectivity index is 1.79. The highest BCUT2D eigenvalue weighted by atomic mass is 19.1. The van der Waals surface area contributed by atoms with E-state index in [2.05, 4.69) is 11.9 Å². The number of ether oxygens (including phenoxy) is 1. The molecule has 2 heterocycles. The van der Waals surface area contributed by atoms with Crippen molar-refractivity contribution in [3.63, 3.8) is 0 Å². The highest BCUT2D eigenvalue weighted by molar-refractivity contribution is 5.31. The first kappa shape index (κ1) is 13.8. The van der Waals surface area contributed by atoms with Crippen LogP contribution in [0.25, 0.3) is 0 Å². The third-order valence-electron chi connectivity index (χ3n) is 4.92. The van der Waals surface area contributed by atoms with Crippen molar-refractivity contribution in [1.29, 1.82) is 0 Å². The van der Waals surface area contributed by atoms with Gasteiger partial charge in [-0.25, -0.2) is 4.39 Å². The highest BCUT2D eigenvalue weighted by Gasteiger charge is 2.45. The van der Waals surface area contributed by atoms with Crippen LogP contribution in [-0.4, -0.2) is 41.8 Å². The molecular formula is C16H22FNO2. The molecule has 0 aromatic heterocycles. The minimum atomic E-state index is -0.711. The molecular weight excluding hydrogens is 257 g/mol. The van der Waals surface area contributed by atoms with Gasteiger partial charge in [-0.2, -0.15) is 0 Å². The number of benzene rings is 1. The smallest absolute Gasteiger partial charge is 0.127 e. The fourth-order valence-corrected chi connectivity index (χ4v) is 3.91. The van der Waals surface area contributed by atoms with Crippen molar-refractivity contribution >= 4 is 0 Å². The monoisotopic (exact) mass is 279 g/mol. The van der Waals surface area contributed by atoms with E-state index in [1.165, 1.54) is 19.2 Å². The summed E-state index contributed by atoms with van der Waals surface area (Å²) in [6.07, 6.45) is 4.38. The van der Waals surface area contributed by atoms with Gasteiger partial charge >= 0.3 is 0 Å². The van der Waals surface area contributed by atoms with Crippen LogP contribution in [0.5, 0.6) is 5.75 Å². The highest BCUT2D eigenvalue weighted by Crippen LogP contribution is 2.41. The molecule has 2 unspecified atom stereocenters. The Labute approximate surface area is 119 Å². The Morgan fingerprint density at radius 3 is 2.55 bits per heavy atom. The average Bonchev–Trinajstić information content (AvgIpc) is 2.61. The minimum absolute atomic E-state index is 0.307. The van der Waals surface area contributed by atoms with E-state index in [1.54, 1.807) is 0 Å². The summed E-state index contributed by atoms with van der Waals surface area (Å²) < 4.78 is 18.7. The van der Waals surface area contributed by atoms with Gasteiger partial charge in [-0.3, -0.25) is 0 Å². The lowest BCUT2D eigenvalue weighted by Gasteiger charge is -2.42. The Morgan fingerprint density at radius 1 is 1.30 bits per heavy atom. The number of rotatable bonds is 3. The lowest BCUT2D eigenvalue weighted by molar-refractivity contribution is -0.0437. The minimum Gasteiger partial charge on any atom is -0.497 e. The molecule has 0 aliphatic carbocycles. The standard InChI is InChI=1S/C16H22FNO2/c1-18-13-3-4-14(18)10-16(19,9-13)8-11-5-12(17)7-15(6-11)20-2/h5-7,13-14,19H,3-4,8-10H2,1-2H3. The van der Waals surface area contributed by atoms with Crippen molar-refractivity contribution in [2.45, 2.75) is 49.8 Å². The molecule has 2 aliphatic rings. The van der Waals surface area contributed by atoms with Gasteiger partial charge in [-0.1, -0.05) is 0 Å². The average molecular weight is 279 g/mol. The summed E-state index contributed by atoms with van der Waals surface area (Å²) in [7, 11) is 3.68. The number of fused-ring (bicyclic) bond motifs is 2. The Hall–Kier alpha value is -1.13. The van der Waals surface area contributed by atoms with Gasteiger partial charge < -0.3 is 14.7 Å². The van der Waals surface area contributed by atoms with Gasteiger partial charge in [0.2, 0.25) is 0 Å². The van der Waals surface area contributed by atoms with Crippen LogP contribution < -0.4 is 4.74 Å². The van der Waals surface area contributed by atoms with Crippen molar-refractivity contribution in [3.05, 3.63) is 29.6 Å². The van der Waals surface area contributed by atoms with E-state index < -0.39 is 5.60 Å². The van der Waals surface area contributed by atoms with Crippen LogP contribution in [0.3, 0.4) is 0 Å². The van der Waals surface area contributed by atoms with E-state index in [0.29, 0.717) is 24.3 Å². The first-order valence-electron chi connectivity index (χ1n) is 7.27. The molecule has 1 N–H and O–H groups in total. The maximum absolute atomic E-state index is 13.6. The van der Waals surface area contributed by atoms with E-state index in [4.69, 9.17) is 4.74 Å². The topological polar surface area (TPSA) is 32.7 Å². The van der Waals surface area contributed by atoms with Gasteiger partial charge in [0.1, 0.15) is 11.6 Å². The molecule has 0 amide bonds. The zero-order valence-electron chi connectivity index (χ0n) is 12.1. The predicted octanol–water partition coefficient (Wildman–Crippen LogP) is 2.36. The number of aliphatic hydroxyl groups is 1. The van der Waals surface area contributed by atoms with Crippen LogP contribution in [0.15, 0.2) is 18.2 Å². The molecule has 2 aliphatic heterocycles. The fourth-order valence-electron chi connectivity index (χ4n) is 3.91. The van der Waals surface area contributed by atoms with Gasteiger partial charge in [0.15, 0.2) is 0 Å². The second-order valence-electron chi connectivity index (χ2n) is 6.36. The van der Waals surface area contributed by atoms with Crippen LogP contribution in [0.1, 0.15) is 31.2 Å². The maximum atomic E-state index is 13.6. The Bertz CT molecular complexity index is 491. The van der Waals surface area contributed by atoms with Crippen molar-refractivity contribution < 1.29 is 14.2 Å². The summed E-state index contributed by atoms with van der Waals surface area (Å²) in [5.74, 6) is 0.207. The fraction of sp³-hybridized carbons (Fsp3) is 0.625. The van der Waals surface area contributed by atoms with E-state index in [0.717, 1.165) is 31.2 Å². The maximum Gasteiger partial charge on any atom is 0.127 e. The van der Waals surface area contributed by atoms with Gasteiger partial charge in [0.05, 0.1) is 12.7 Å². The molecule has 1 aromatic rings. The van der Waals surface area contributed by atoms with Crippen molar-refractivity contribution in [2.24, 2.45) is 0 Å². The van der Waals surface area contributed by atoms with Crippen LogP contribution in [0, 0.1) is 5.82 Å². The lowest BCUT2D eigenvalue weighted by Crippen LogP contribution is -2.50. The molecule has 3 rings (SSSR count). The lowest BCUT2D eigenvalue weighted by atomic mass is 9.81. The van der Waals surface area contributed by atoms with E-state index in [-0.39, 0.29) is 5.82 Å². The predicted molar refractivity (Wildman–Crippen MR) is 75.4 cm³/mol. The molecule has 0 spiro atoms. The van der Waals surface area contributed by atoms with E-state index in [1.807, 2.05) is 6.07 Å². The molecule has 2 fully saturated rings. The zero-order valence-corrected chi connectivity index (χ0v) is 12.1. The SMILES string of the molecule is COc1cc(F)cc(CC2(O)CC3CCC(C2)N3C)c1. The molecule has 2 atom stereocenters. The normalized spacial score (nSPS) is 33.4. The number of hydrogen-bond acceptors (Lipinski definition) is 3. The van der Waals surface area contributed by atoms with Crippen LogP contribution in [0.2, 0.25) is 0 Å². The molecule has 0 saturated carbocycles. The van der Waals surface area contributed by atoms with Crippen molar-refractivity contribution in [1.82, 2.24) is 4.90 Å². The van der Waals surface area contributed by atoms with E-state index in [9.17, 15) is 9.50 Å². The number of nitrogens with zero attached hydrogens (tertiary/aromatic N) is 1. The Morgan fingerprint density at radius 2 is 1.95 bits per heavy atom. The van der Waals surface area contributed by atoms with Crippen molar-refractivity contribution in [2.75, 3.05) is 14.2 Å². The largest absolute Gasteiger partial charge is 0.497 e. The third kappa shape index (κ3) is 2.54. The van der Waals surface area contributed by atoms with Crippen LogP contribution in [-0.2, 0) is 6.42 Å². The molecule has 2 saturated heterocycles. The summed E-state index contributed by atoms with van der Waals surface area (Å²) in [5, 5.41) is 10.9. The summed E-state index contributed by atoms with van der Waals surface area (Å²) in [6.45, 7) is 0. The Kier molecular flexibility index (Phi) is 3.46. The van der Waals surface area contributed by atoms with Crippen LogP contribution >= 0.6 is 0 Å². The number of methoxy groups -OCH3 is 1. The third-order valence-corrected chi connectivity index (χ3v) is 4.92. The summed E-state index contributed by atoms with van der Waals surface area (Å²) in [5.41, 5.74) is 0.102. The second-order valence-corrected chi connectivity index (χ2v) is 6.36. The van der Waals surface area contributed by atoms with Crippen molar-refractivity contribution in [3.8, 4) is 5.75 Å². The number of halogens is 1. The number of piperidine rings is 1. The summed E-state index contributed by atoms with van der Waals surface area (Å²) >= 11 is 0. The molecule has 0 radical (unpaired) electrons. The van der Waals surface area contributed by atoms with E-state index >= 15 is 0 Å². The summed E-state index contributed by atoms with van der Waals surface area (Å²) in [6, 6.07) is 5.62. The molecule has 4 heteroatoms. The van der Waals surface area contributed by atoms with Gasteiger partial charge in [0.25, 0.3) is 0 Å². The molecule has 1 aromatic carbocycles. The zero-order chi connectivity index (χ0) is 14.3. The molecule has 110 valence electrons. The van der Waals surface area contributed by atoms with Gasteiger partial charge in [0, 0.05) is 24.6 Å². The molecule has 2 bridgehead atoms. The quantitative estimate of drug-likeness (QED) is 0.922.